The van der Waals surface area contributed by atoms with Crippen molar-refractivity contribution in [2.75, 3.05) is 33.3 Å². The quantitative estimate of drug-likeness (QED) is 0.712. The van der Waals surface area contributed by atoms with Crippen molar-refractivity contribution in [3.8, 4) is 5.75 Å². The van der Waals surface area contributed by atoms with Gasteiger partial charge in [-0.15, -0.1) is 24.8 Å². The van der Waals surface area contributed by atoms with E-state index in [1.807, 2.05) is 6.07 Å². The molecule has 0 unspecified atom stereocenters. The molecule has 134 valence electrons. The van der Waals surface area contributed by atoms with Crippen LogP contribution in [0.3, 0.4) is 0 Å². The van der Waals surface area contributed by atoms with Gasteiger partial charge < -0.3 is 10.1 Å². The van der Waals surface area contributed by atoms with E-state index in [2.05, 4.69) is 52.1 Å². The second-order valence-electron chi connectivity index (χ2n) is 6.16. The van der Waals surface area contributed by atoms with Crippen molar-refractivity contribution in [3.63, 3.8) is 0 Å². The summed E-state index contributed by atoms with van der Waals surface area (Å²) in [6.07, 6.45) is 2.45. The number of piperazine rings is 1. The molecule has 0 bridgehead atoms. The number of hydrogen-bond donors (Lipinski definition) is 1. The van der Waals surface area contributed by atoms with E-state index in [0.717, 1.165) is 37.8 Å². The molecule has 0 radical (unpaired) electrons. The van der Waals surface area contributed by atoms with Gasteiger partial charge >= 0.3 is 0 Å². The summed E-state index contributed by atoms with van der Waals surface area (Å²) >= 11 is 3.74. The molecule has 1 fully saturated rings. The first-order valence-corrected chi connectivity index (χ1v) is 8.69. The fraction of sp³-hybridized carbons (Fsp3) is 0.647. The molecule has 1 N–H and O–H groups in total. The van der Waals surface area contributed by atoms with E-state index >= 15 is 0 Å². The van der Waals surface area contributed by atoms with Crippen LogP contribution in [0.5, 0.6) is 5.75 Å². The van der Waals surface area contributed by atoms with E-state index in [1.54, 1.807) is 7.11 Å². The lowest BCUT2D eigenvalue weighted by Crippen LogP contribution is -2.45. The van der Waals surface area contributed by atoms with Gasteiger partial charge in [-0.1, -0.05) is 29.8 Å². The first-order valence-electron chi connectivity index (χ1n) is 7.90. The van der Waals surface area contributed by atoms with E-state index in [9.17, 15) is 0 Å². The van der Waals surface area contributed by atoms with Crippen LogP contribution < -0.4 is 10.1 Å². The summed E-state index contributed by atoms with van der Waals surface area (Å²) in [7, 11) is 1.74. The highest BCUT2D eigenvalue weighted by Crippen LogP contribution is 2.35. The predicted octanol–water partition coefficient (Wildman–Crippen LogP) is 4.68. The van der Waals surface area contributed by atoms with Crippen molar-refractivity contribution in [2.45, 2.75) is 32.7 Å². The molecule has 1 aliphatic heterocycles. The summed E-state index contributed by atoms with van der Waals surface area (Å²) in [5, 5.41) is 3.45. The molecular formula is C17H29BrCl2N2O. The zero-order chi connectivity index (χ0) is 15.2. The summed E-state index contributed by atoms with van der Waals surface area (Å²) in [6, 6.07) is 6.79. The van der Waals surface area contributed by atoms with Crippen LogP contribution in [0.25, 0.3) is 0 Å². The maximum absolute atomic E-state index is 5.42. The number of halogens is 3. The largest absolute Gasteiger partial charge is 0.497 e. The Kier molecular flexibility index (Phi) is 11.5. The van der Waals surface area contributed by atoms with Crippen LogP contribution >= 0.6 is 40.7 Å². The van der Waals surface area contributed by atoms with Crippen LogP contribution in [0.15, 0.2) is 22.7 Å². The maximum Gasteiger partial charge on any atom is 0.119 e. The molecule has 1 heterocycles. The zero-order valence-electron chi connectivity index (χ0n) is 14.2. The molecule has 23 heavy (non-hydrogen) atoms. The van der Waals surface area contributed by atoms with Gasteiger partial charge in [0.15, 0.2) is 0 Å². The standard InChI is InChI=1S/C17H27BrN2O.2ClH/c1-13(2)4-7-17(20-10-8-19-9-11-20)15-12-14(21-3)5-6-16(15)18;;/h5-6,12-13,17,19H,4,7-11H2,1-3H3;2*1H/t17-;;/m1../s1. The molecule has 1 aromatic carbocycles. The lowest BCUT2D eigenvalue weighted by molar-refractivity contribution is 0.159. The van der Waals surface area contributed by atoms with Crippen LogP contribution in [0.1, 0.15) is 38.3 Å². The normalized spacial score (nSPS) is 16.4. The van der Waals surface area contributed by atoms with Crippen molar-refractivity contribution in [1.82, 2.24) is 10.2 Å². The van der Waals surface area contributed by atoms with Crippen molar-refractivity contribution >= 4 is 40.7 Å². The zero-order valence-corrected chi connectivity index (χ0v) is 17.4. The van der Waals surface area contributed by atoms with Gasteiger partial charge in [0.05, 0.1) is 7.11 Å². The number of nitrogens with one attached hydrogen (secondary N) is 1. The monoisotopic (exact) mass is 426 g/mol. The third-order valence-electron chi connectivity index (χ3n) is 4.17. The van der Waals surface area contributed by atoms with E-state index in [-0.39, 0.29) is 24.8 Å². The van der Waals surface area contributed by atoms with Gasteiger partial charge in [0, 0.05) is 36.7 Å². The molecule has 6 heteroatoms. The molecular weight excluding hydrogens is 399 g/mol. The number of ether oxygens (including phenoxy) is 1. The van der Waals surface area contributed by atoms with Crippen molar-refractivity contribution < 1.29 is 4.74 Å². The Balaban J connectivity index is 0.00000242. The minimum atomic E-state index is 0. The summed E-state index contributed by atoms with van der Waals surface area (Å²) < 4.78 is 6.61. The van der Waals surface area contributed by atoms with Crippen LogP contribution in [0.2, 0.25) is 0 Å². The molecule has 0 amide bonds. The SMILES string of the molecule is COc1ccc(Br)c([C@@H](CCC(C)C)N2CCNCC2)c1.Cl.Cl. The topological polar surface area (TPSA) is 24.5 Å². The Bertz CT molecular complexity index is 454. The smallest absolute Gasteiger partial charge is 0.119 e. The maximum atomic E-state index is 5.42. The Labute approximate surface area is 161 Å². The van der Waals surface area contributed by atoms with Gasteiger partial charge in [-0.05, 0) is 42.5 Å². The van der Waals surface area contributed by atoms with Gasteiger partial charge in [0.1, 0.15) is 5.75 Å². The third-order valence-corrected chi connectivity index (χ3v) is 4.89. The van der Waals surface area contributed by atoms with E-state index in [4.69, 9.17) is 4.74 Å². The van der Waals surface area contributed by atoms with Gasteiger partial charge in [0.25, 0.3) is 0 Å². The molecule has 0 aromatic heterocycles. The molecule has 1 saturated heterocycles. The van der Waals surface area contributed by atoms with E-state index in [1.165, 1.54) is 22.9 Å². The molecule has 1 atom stereocenters. The molecule has 1 aromatic rings. The second-order valence-corrected chi connectivity index (χ2v) is 7.01. The first kappa shape index (κ1) is 23.0. The van der Waals surface area contributed by atoms with Gasteiger partial charge in [-0.2, -0.15) is 0 Å². The van der Waals surface area contributed by atoms with Crippen LogP contribution in [-0.2, 0) is 0 Å². The average Bonchev–Trinajstić information content (AvgIpc) is 2.50. The van der Waals surface area contributed by atoms with Gasteiger partial charge in [-0.3, -0.25) is 4.90 Å². The highest BCUT2D eigenvalue weighted by atomic mass is 79.9. The number of hydrogen-bond acceptors (Lipinski definition) is 3. The third kappa shape index (κ3) is 6.79. The fourth-order valence-corrected chi connectivity index (χ4v) is 3.43. The van der Waals surface area contributed by atoms with Crippen LogP contribution in [0.4, 0.5) is 0 Å². The Morgan fingerprint density at radius 2 is 1.83 bits per heavy atom. The molecule has 1 aliphatic rings. The summed E-state index contributed by atoms with van der Waals surface area (Å²) in [4.78, 5) is 2.61. The van der Waals surface area contributed by atoms with Crippen LogP contribution in [-0.4, -0.2) is 38.2 Å². The Morgan fingerprint density at radius 1 is 1.17 bits per heavy atom. The van der Waals surface area contributed by atoms with Crippen molar-refractivity contribution in [3.05, 3.63) is 28.2 Å². The van der Waals surface area contributed by atoms with Gasteiger partial charge in [-0.25, -0.2) is 0 Å². The molecule has 0 saturated carbocycles. The molecule has 2 rings (SSSR count). The first-order chi connectivity index (χ1) is 10.1. The summed E-state index contributed by atoms with van der Waals surface area (Å²) in [6.45, 7) is 9.00. The fourth-order valence-electron chi connectivity index (χ4n) is 2.92. The van der Waals surface area contributed by atoms with Crippen LogP contribution in [0, 0.1) is 5.92 Å². The number of nitrogens with zero attached hydrogens (tertiary/aromatic N) is 1. The Morgan fingerprint density at radius 3 is 2.39 bits per heavy atom. The van der Waals surface area contributed by atoms with Crippen molar-refractivity contribution in [2.24, 2.45) is 5.92 Å². The lowest BCUT2D eigenvalue weighted by atomic mass is 9.95. The summed E-state index contributed by atoms with van der Waals surface area (Å²) in [5.74, 6) is 1.68. The number of rotatable bonds is 6. The van der Waals surface area contributed by atoms with E-state index < -0.39 is 0 Å². The lowest BCUT2D eigenvalue weighted by Gasteiger charge is -2.36. The molecule has 0 aliphatic carbocycles. The highest BCUT2D eigenvalue weighted by molar-refractivity contribution is 9.10. The van der Waals surface area contributed by atoms with Crippen molar-refractivity contribution in [1.29, 1.82) is 0 Å². The molecule has 0 spiro atoms. The Hall–Kier alpha value is -0.000000000000000111. The second kappa shape index (κ2) is 11.5. The number of methoxy groups -OCH3 is 1. The van der Waals surface area contributed by atoms with Gasteiger partial charge in [0.2, 0.25) is 0 Å². The highest BCUT2D eigenvalue weighted by Gasteiger charge is 2.24. The predicted molar refractivity (Wildman–Crippen MR) is 106 cm³/mol. The molecule has 3 nitrogen and oxygen atoms in total. The minimum absolute atomic E-state index is 0. The van der Waals surface area contributed by atoms with E-state index in [0.29, 0.717) is 6.04 Å². The average molecular weight is 428 g/mol. The minimum Gasteiger partial charge on any atom is -0.497 e. The number of benzene rings is 1. The summed E-state index contributed by atoms with van der Waals surface area (Å²) in [5.41, 5.74) is 1.36.